The van der Waals surface area contributed by atoms with E-state index in [2.05, 4.69) is 48.1 Å². The SMILES string of the molecule is CC(C)OC(=O)[C@H](C)CP(=O)(Oc1ccccc1)Oc1ccc([N+](=O)[O-])cc1Cl.CONc1ccn([C@@H]2O[C@H](CO)[C@H](O)C2(C)O)c(=O)n1.CONc1ccn([C@@H]2O[C@H](COP(=O)(C[C@@H](C)C(=O)OC(C)C)Oc3ccccc3)[C@H](O)C2(C)O)c(=O)n1.S=S=S=S=S=S=S. The molecule has 0 saturated carbocycles. The molecule has 4 heterocycles. The molecule has 2 fully saturated rings. The maximum Gasteiger partial charge on any atom is 0.431 e. The van der Waals surface area contributed by atoms with Crippen molar-refractivity contribution < 1.29 is 95.9 Å². The Morgan fingerprint density at radius 3 is 1.51 bits per heavy atom. The van der Waals surface area contributed by atoms with Crippen LogP contribution in [0.5, 0.6) is 17.2 Å². The molecule has 5 aromatic rings. The highest BCUT2D eigenvalue weighted by molar-refractivity contribution is 8.68. The van der Waals surface area contributed by atoms with E-state index in [9.17, 15) is 58.8 Å². The van der Waals surface area contributed by atoms with E-state index in [1.807, 2.05) is 0 Å². The topological polar surface area (TPSA) is 399 Å². The smallest absolute Gasteiger partial charge is 0.431 e. The predicted octanol–water partition coefficient (Wildman–Crippen LogP) is 5.79. The summed E-state index contributed by atoms with van der Waals surface area (Å²) >= 11 is 15.2. The van der Waals surface area contributed by atoms with Gasteiger partial charge in [-0.15, -0.1) is 0 Å². The number of ether oxygens (including phenoxy) is 4. The average Bonchev–Trinajstić information content (AvgIpc) is 1.61. The fourth-order valence-corrected chi connectivity index (χ4v) is 20.6. The number of carbonyl (C=O) groups is 2. The highest BCUT2D eigenvalue weighted by Crippen LogP contribution is 2.53. The van der Waals surface area contributed by atoms with Gasteiger partial charge in [0.25, 0.3) is 5.69 Å². The minimum absolute atomic E-state index is 0.0547. The van der Waals surface area contributed by atoms with Crippen LogP contribution in [0.1, 0.15) is 67.8 Å². The second-order valence-electron chi connectivity index (χ2n) is 21.0. The van der Waals surface area contributed by atoms with E-state index in [0.29, 0.717) is 0 Å². The van der Waals surface area contributed by atoms with Crippen molar-refractivity contribution in [3.05, 3.63) is 139 Å². The highest BCUT2D eigenvalue weighted by atomic mass is 35.5. The Balaban J connectivity index is 0.000000297. The average molecular weight is 1510 g/mol. The minimum Gasteiger partial charge on any atom is -0.463 e. The molecular formula is C54H72ClN7O23P2S7. The number of aliphatic hydroxyl groups excluding tert-OH is 3. The number of para-hydroxylation sites is 2. The zero-order valence-electron chi connectivity index (χ0n) is 51.9. The Labute approximate surface area is 568 Å². The largest absolute Gasteiger partial charge is 0.463 e. The van der Waals surface area contributed by atoms with E-state index in [1.54, 1.807) is 129 Å². The van der Waals surface area contributed by atoms with Crippen LogP contribution in [0.25, 0.3) is 0 Å². The van der Waals surface area contributed by atoms with Crippen LogP contribution in [0.4, 0.5) is 17.3 Å². The molecular weight excluding hydrogens is 1440 g/mol. The predicted molar refractivity (Wildman–Crippen MR) is 363 cm³/mol. The molecule has 3 aromatic carbocycles. The van der Waals surface area contributed by atoms with Crippen molar-refractivity contribution in [3.8, 4) is 17.2 Å². The van der Waals surface area contributed by atoms with Crippen LogP contribution >= 0.6 is 26.8 Å². The van der Waals surface area contributed by atoms with Gasteiger partial charge in [0.1, 0.15) is 52.9 Å². The Bertz CT molecular complexity index is 3760. The number of anilines is 2. The van der Waals surface area contributed by atoms with Gasteiger partial charge in [-0.3, -0.25) is 43.0 Å². The zero-order chi connectivity index (χ0) is 70.1. The lowest BCUT2D eigenvalue weighted by atomic mass is 9.96. The third-order valence-corrected chi connectivity index (χ3v) is 25.8. The van der Waals surface area contributed by atoms with Crippen molar-refractivity contribution in [3.63, 3.8) is 0 Å². The van der Waals surface area contributed by atoms with Gasteiger partial charge in [-0.2, -0.15) is 9.97 Å². The first-order valence-corrected chi connectivity index (χ1v) is 39.6. The van der Waals surface area contributed by atoms with Crippen molar-refractivity contribution in [2.24, 2.45) is 11.8 Å². The Morgan fingerprint density at radius 2 is 1.13 bits per heavy atom. The van der Waals surface area contributed by atoms with Gasteiger partial charge in [-0.1, -0.05) is 61.8 Å². The van der Waals surface area contributed by atoms with Crippen molar-refractivity contribution in [1.82, 2.24) is 19.1 Å². The number of hydrogen-bond acceptors (Lipinski definition) is 29. The molecule has 0 spiro atoms. The second kappa shape index (κ2) is 38.6. The van der Waals surface area contributed by atoms with Crippen LogP contribution in [0, 0.1) is 22.0 Å². The van der Waals surface area contributed by atoms with Gasteiger partial charge in [0.15, 0.2) is 24.1 Å². The first-order chi connectivity index (χ1) is 44.3. The zero-order valence-corrected chi connectivity index (χ0v) is 60.1. The number of non-ortho nitro benzene ring substituents is 1. The number of halogens is 1. The van der Waals surface area contributed by atoms with Crippen molar-refractivity contribution in [1.29, 1.82) is 0 Å². The van der Waals surface area contributed by atoms with E-state index in [1.165, 1.54) is 82.5 Å². The Hall–Kier alpha value is -5.35. The summed E-state index contributed by atoms with van der Waals surface area (Å²) < 4.78 is 73.3. The number of aliphatic hydroxyl groups is 5. The fraction of sp³-hybridized carbons (Fsp3) is 0.481. The van der Waals surface area contributed by atoms with Gasteiger partial charge >= 0.3 is 38.5 Å². The lowest BCUT2D eigenvalue weighted by Gasteiger charge is -2.27. The molecule has 94 heavy (non-hydrogen) atoms. The number of nitro groups is 1. The van der Waals surface area contributed by atoms with Gasteiger partial charge in [0.05, 0.1) is 73.7 Å². The lowest BCUT2D eigenvalue weighted by Crippen LogP contribution is -2.46. The summed E-state index contributed by atoms with van der Waals surface area (Å²) in [7, 11) is 2.15. The molecule has 4 unspecified atom stereocenters. The standard InChI is InChI=1S/C24H34N3O10P.C19H21ClNO7P.C11H17N3O6.S7/c1-15(2)35-21(29)16(3)14-38(32,37-17-9-7-6-8-10-17)34-13-18-20(28)24(4,31)22(36-18)27-12-11-19(26-33-5)25-23(27)30;1-13(2)26-19(22)14(3)12-29(25,27-16-7-5-4-6-8-16)28-18-10-9-15(21(23)24)11-17(18)20;1-11(18)8(16)6(5-15)20-9(11)14-4-3-7(13-19-2)12-10(14)17;1-3-5-7-6-4-2/h6-12,15-16,18,20,22,28,31H,13-14H2,1-5H3,(H,25,26,30);4-11,13-14H,12H2,1-3H3;3-4,6,8-9,15-16,18H,5H2,1-2H3,(H,12,13,17);/t16-,18-,20+,22-,24?,38?;14-,29?;6-,8+,9-,11?;/m111./s1. The van der Waals surface area contributed by atoms with E-state index in [4.69, 9.17) is 58.6 Å². The second-order valence-corrected chi connectivity index (χ2v) is 34.2. The summed E-state index contributed by atoms with van der Waals surface area (Å²) in [5, 5.41) is 61.8. The first-order valence-electron chi connectivity index (χ1n) is 27.7. The van der Waals surface area contributed by atoms with Gasteiger partial charge in [-0.25, -0.2) is 29.7 Å². The molecule has 0 aliphatic carbocycles. The molecule has 520 valence electrons. The number of nitro benzene ring substituents is 1. The van der Waals surface area contributed by atoms with Gasteiger partial charge < -0.3 is 58.1 Å². The number of benzene rings is 3. The molecule has 12 atom stereocenters. The molecule has 2 aliphatic heterocycles. The summed E-state index contributed by atoms with van der Waals surface area (Å²) in [4.78, 5) is 76.1. The monoisotopic (exact) mass is 1510 g/mol. The molecule has 2 saturated heterocycles. The highest BCUT2D eigenvalue weighted by Gasteiger charge is 2.55. The van der Waals surface area contributed by atoms with Gasteiger partial charge in [-0.05, 0) is 84.0 Å². The summed E-state index contributed by atoms with van der Waals surface area (Å²) in [5.41, 5.74) is -0.553. The maximum atomic E-state index is 13.8. The van der Waals surface area contributed by atoms with Crippen LogP contribution in [-0.4, -0.2) is 149 Å². The van der Waals surface area contributed by atoms with Crippen molar-refractivity contribution >= 4 is 123 Å². The molecule has 0 amide bonds. The molecule has 2 aliphatic rings. The first kappa shape index (κ1) is 81.1. The maximum absolute atomic E-state index is 13.8. The van der Waals surface area contributed by atoms with Crippen LogP contribution < -0.4 is 35.9 Å². The number of aromatic nitrogens is 4. The minimum atomic E-state index is -4.01. The number of carbonyl (C=O) groups excluding carboxylic acids is 2. The number of nitrogens with one attached hydrogen (secondary N) is 2. The molecule has 0 radical (unpaired) electrons. The number of hydrogen-bond donors (Lipinski definition) is 7. The lowest BCUT2D eigenvalue weighted by molar-refractivity contribution is -0.384. The summed E-state index contributed by atoms with van der Waals surface area (Å²) in [6.07, 6.45) is -6.13. The van der Waals surface area contributed by atoms with E-state index in [-0.39, 0.29) is 64.1 Å². The van der Waals surface area contributed by atoms with Gasteiger partial charge in [0, 0.05) is 91.3 Å². The summed E-state index contributed by atoms with van der Waals surface area (Å²) in [6.45, 7) is 11.6. The quantitative estimate of drug-likeness (QED) is 0.0157. The van der Waals surface area contributed by atoms with E-state index < -0.39 is 117 Å². The Kier molecular flexibility index (Phi) is 33.3. The molecule has 40 heteroatoms. The molecule has 7 rings (SSSR count). The van der Waals surface area contributed by atoms with Crippen LogP contribution in [0.3, 0.4) is 0 Å². The molecule has 2 aromatic heterocycles. The number of rotatable bonds is 25. The normalized spacial score (nSPS) is 22.2. The van der Waals surface area contributed by atoms with E-state index in [0.717, 1.165) is 15.2 Å². The van der Waals surface area contributed by atoms with Crippen LogP contribution in [0.2, 0.25) is 5.02 Å². The summed E-state index contributed by atoms with van der Waals surface area (Å²) in [6, 6.07) is 22.9. The summed E-state index contributed by atoms with van der Waals surface area (Å²) in [5.74, 6) is -1.93. The van der Waals surface area contributed by atoms with Crippen molar-refractivity contribution in [2.75, 3.05) is 50.7 Å². The molecule has 0 bridgehead atoms. The van der Waals surface area contributed by atoms with E-state index >= 15 is 0 Å². The molecule has 7 N–H and O–H groups in total. The third kappa shape index (κ3) is 24.6. The van der Waals surface area contributed by atoms with Crippen molar-refractivity contribution in [2.45, 2.75) is 116 Å². The fourth-order valence-electron chi connectivity index (χ4n) is 8.33. The number of esters is 2. The number of nitrogens with zero attached hydrogens (tertiary/aromatic N) is 5. The van der Waals surface area contributed by atoms with Crippen LogP contribution in [0.15, 0.2) is 113 Å². The Morgan fingerprint density at radius 1 is 0.702 bits per heavy atom. The third-order valence-electron chi connectivity index (χ3n) is 12.7. The van der Waals surface area contributed by atoms with Gasteiger partial charge in [0.2, 0.25) is 0 Å². The van der Waals surface area contributed by atoms with Crippen LogP contribution in [-0.2, 0) is 119 Å². The molecule has 30 nitrogen and oxygen atoms in total.